The van der Waals surface area contributed by atoms with Crippen molar-refractivity contribution in [3.05, 3.63) is 64.1 Å². The fraction of sp³-hybridized carbons (Fsp3) is 0.389. The molecule has 6 heteroatoms. The van der Waals surface area contributed by atoms with Crippen LogP contribution in [-0.2, 0) is 6.54 Å². The predicted molar refractivity (Wildman–Crippen MR) is 88.4 cm³/mol. The van der Waals surface area contributed by atoms with Crippen molar-refractivity contribution >= 4 is 5.91 Å². The molecule has 0 saturated heterocycles. The molecule has 0 atom stereocenters. The van der Waals surface area contributed by atoms with Crippen LogP contribution in [0.4, 0.5) is 4.39 Å². The summed E-state index contributed by atoms with van der Waals surface area (Å²) in [6.45, 7) is 0.609. The lowest BCUT2D eigenvalue weighted by Gasteiger charge is -2.11. The number of halogens is 1. The number of hydrogen-bond acceptors (Lipinski definition) is 3. The quantitative estimate of drug-likeness (QED) is 0.916. The Morgan fingerprint density at radius 3 is 2.79 bits per heavy atom. The summed E-state index contributed by atoms with van der Waals surface area (Å²) in [7, 11) is 0. The molecule has 1 aliphatic carbocycles. The third-order valence-corrected chi connectivity index (χ3v) is 4.40. The van der Waals surface area contributed by atoms with Crippen LogP contribution in [0.25, 0.3) is 0 Å². The van der Waals surface area contributed by atoms with Crippen molar-refractivity contribution < 1.29 is 9.18 Å². The summed E-state index contributed by atoms with van der Waals surface area (Å²) in [5.41, 5.74) is 1.03. The Labute approximate surface area is 139 Å². The highest BCUT2D eigenvalue weighted by atomic mass is 19.1. The van der Waals surface area contributed by atoms with Gasteiger partial charge in [-0.1, -0.05) is 18.9 Å². The number of carbonyl (C=O) groups excluding carboxylic acids is 1. The average Bonchev–Trinajstić information content (AvgIpc) is 3.10. The summed E-state index contributed by atoms with van der Waals surface area (Å²) >= 11 is 0. The standard InChI is InChI=1S/C18H20FN3O2/c19-15-7-3-6-14(10-15)18(24)20-8-9-22-12-21-16(11-17(22)23)13-4-1-2-5-13/h3,6-7,10-13H,1-2,4-5,8-9H2,(H,20,24). The van der Waals surface area contributed by atoms with Gasteiger partial charge in [-0.05, 0) is 31.0 Å². The molecule has 0 radical (unpaired) electrons. The minimum Gasteiger partial charge on any atom is -0.350 e. The fourth-order valence-corrected chi connectivity index (χ4v) is 3.07. The third kappa shape index (κ3) is 3.88. The number of nitrogens with one attached hydrogen (secondary N) is 1. The lowest BCUT2D eigenvalue weighted by atomic mass is 10.0. The first-order valence-electron chi connectivity index (χ1n) is 8.23. The van der Waals surface area contributed by atoms with E-state index >= 15 is 0 Å². The molecule has 0 aliphatic heterocycles. The number of nitrogens with zero attached hydrogens (tertiary/aromatic N) is 2. The Morgan fingerprint density at radius 2 is 2.08 bits per heavy atom. The Hall–Kier alpha value is -2.50. The molecule has 1 aromatic heterocycles. The summed E-state index contributed by atoms with van der Waals surface area (Å²) in [5, 5.41) is 2.68. The maximum Gasteiger partial charge on any atom is 0.253 e. The van der Waals surface area contributed by atoms with E-state index in [4.69, 9.17) is 0 Å². The van der Waals surface area contributed by atoms with Gasteiger partial charge in [-0.25, -0.2) is 9.37 Å². The molecular weight excluding hydrogens is 309 g/mol. The molecular formula is C18H20FN3O2. The van der Waals surface area contributed by atoms with E-state index in [0.29, 0.717) is 12.5 Å². The molecule has 1 heterocycles. The van der Waals surface area contributed by atoms with Crippen molar-refractivity contribution in [1.29, 1.82) is 0 Å². The summed E-state index contributed by atoms with van der Waals surface area (Å²) in [6, 6.07) is 7.10. The summed E-state index contributed by atoms with van der Waals surface area (Å²) in [4.78, 5) is 28.5. The second-order valence-electron chi connectivity index (χ2n) is 6.09. The van der Waals surface area contributed by atoms with Crippen LogP contribution in [0.1, 0.15) is 47.7 Å². The second-order valence-corrected chi connectivity index (χ2v) is 6.09. The van der Waals surface area contributed by atoms with Crippen molar-refractivity contribution in [2.24, 2.45) is 0 Å². The summed E-state index contributed by atoms with van der Waals surface area (Å²) < 4.78 is 14.6. The van der Waals surface area contributed by atoms with Gasteiger partial charge in [-0.15, -0.1) is 0 Å². The first kappa shape index (κ1) is 16.4. The molecule has 1 aliphatic rings. The van der Waals surface area contributed by atoms with Crippen molar-refractivity contribution in [2.75, 3.05) is 6.54 Å². The van der Waals surface area contributed by atoms with Gasteiger partial charge in [0.05, 0.1) is 12.0 Å². The molecule has 5 nitrogen and oxygen atoms in total. The maximum atomic E-state index is 13.1. The minimum absolute atomic E-state index is 0.105. The second kappa shape index (κ2) is 7.38. The number of amides is 1. The maximum absolute atomic E-state index is 13.1. The van der Waals surface area contributed by atoms with E-state index in [1.54, 1.807) is 18.5 Å². The van der Waals surface area contributed by atoms with E-state index in [-0.39, 0.29) is 23.6 Å². The third-order valence-electron chi connectivity index (χ3n) is 4.40. The van der Waals surface area contributed by atoms with Crippen LogP contribution >= 0.6 is 0 Å². The Balaban J connectivity index is 1.56. The van der Waals surface area contributed by atoms with Crippen LogP contribution in [0.5, 0.6) is 0 Å². The van der Waals surface area contributed by atoms with Gasteiger partial charge in [-0.2, -0.15) is 0 Å². The number of hydrogen-bond donors (Lipinski definition) is 1. The van der Waals surface area contributed by atoms with E-state index in [0.717, 1.165) is 18.5 Å². The van der Waals surface area contributed by atoms with Crippen LogP contribution in [-0.4, -0.2) is 22.0 Å². The van der Waals surface area contributed by atoms with Crippen LogP contribution in [0.15, 0.2) is 41.5 Å². The van der Waals surface area contributed by atoms with Crippen LogP contribution in [0.2, 0.25) is 0 Å². The monoisotopic (exact) mass is 329 g/mol. The van der Waals surface area contributed by atoms with Gasteiger partial charge < -0.3 is 5.32 Å². The van der Waals surface area contributed by atoms with Gasteiger partial charge in [0.2, 0.25) is 0 Å². The van der Waals surface area contributed by atoms with Crippen molar-refractivity contribution in [3.8, 4) is 0 Å². The summed E-state index contributed by atoms with van der Waals surface area (Å²) in [6.07, 6.45) is 6.13. The van der Waals surface area contributed by atoms with Crippen molar-refractivity contribution in [2.45, 2.75) is 38.1 Å². The Morgan fingerprint density at radius 1 is 1.29 bits per heavy atom. The Bertz CT molecular complexity index is 782. The molecule has 2 aromatic rings. The van der Waals surface area contributed by atoms with Crippen LogP contribution < -0.4 is 10.9 Å². The van der Waals surface area contributed by atoms with Crippen LogP contribution in [0, 0.1) is 5.82 Å². The lowest BCUT2D eigenvalue weighted by Crippen LogP contribution is -2.31. The molecule has 126 valence electrons. The molecule has 1 fully saturated rings. The van der Waals surface area contributed by atoms with Gasteiger partial charge in [0.15, 0.2) is 0 Å². The topological polar surface area (TPSA) is 64.0 Å². The van der Waals surface area contributed by atoms with E-state index in [1.807, 2.05) is 0 Å². The molecule has 24 heavy (non-hydrogen) atoms. The first-order valence-corrected chi connectivity index (χ1v) is 8.23. The van der Waals surface area contributed by atoms with E-state index in [2.05, 4.69) is 10.3 Å². The molecule has 0 spiro atoms. The molecule has 1 saturated carbocycles. The largest absolute Gasteiger partial charge is 0.350 e. The highest BCUT2D eigenvalue weighted by Gasteiger charge is 2.18. The minimum atomic E-state index is -0.453. The number of benzene rings is 1. The molecule has 0 bridgehead atoms. The van der Waals surface area contributed by atoms with Gasteiger partial charge in [0.25, 0.3) is 11.5 Å². The zero-order chi connectivity index (χ0) is 16.9. The average molecular weight is 329 g/mol. The smallest absolute Gasteiger partial charge is 0.253 e. The van der Waals surface area contributed by atoms with E-state index in [1.165, 1.54) is 35.6 Å². The zero-order valence-electron chi connectivity index (χ0n) is 13.4. The molecule has 1 amide bonds. The highest BCUT2D eigenvalue weighted by Crippen LogP contribution is 2.32. The molecule has 1 aromatic carbocycles. The van der Waals surface area contributed by atoms with Crippen molar-refractivity contribution in [1.82, 2.24) is 14.9 Å². The van der Waals surface area contributed by atoms with Crippen molar-refractivity contribution in [3.63, 3.8) is 0 Å². The normalized spacial score (nSPS) is 14.7. The molecule has 0 unspecified atom stereocenters. The van der Waals surface area contributed by atoms with Gasteiger partial charge in [0, 0.05) is 30.6 Å². The number of aromatic nitrogens is 2. The van der Waals surface area contributed by atoms with Gasteiger partial charge in [-0.3, -0.25) is 14.2 Å². The first-order chi connectivity index (χ1) is 11.6. The fourth-order valence-electron chi connectivity index (χ4n) is 3.07. The number of rotatable bonds is 5. The summed E-state index contributed by atoms with van der Waals surface area (Å²) in [5.74, 6) is -0.413. The number of carbonyl (C=O) groups is 1. The predicted octanol–water partition coefficient (Wildman–Crippen LogP) is 2.47. The van der Waals surface area contributed by atoms with Gasteiger partial charge in [0.1, 0.15) is 5.82 Å². The highest BCUT2D eigenvalue weighted by molar-refractivity contribution is 5.94. The van der Waals surface area contributed by atoms with E-state index < -0.39 is 5.82 Å². The Kier molecular flexibility index (Phi) is 5.03. The SMILES string of the molecule is O=C(NCCn1cnc(C2CCCC2)cc1=O)c1cccc(F)c1. The van der Waals surface area contributed by atoms with Gasteiger partial charge >= 0.3 is 0 Å². The van der Waals surface area contributed by atoms with Crippen LogP contribution in [0.3, 0.4) is 0 Å². The van der Waals surface area contributed by atoms with E-state index in [9.17, 15) is 14.0 Å². The lowest BCUT2D eigenvalue weighted by molar-refractivity contribution is 0.0951. The zero-order valence-corrected chi connectivity index (χ0v) is 13.4. The molecule has 3 rings (SSSR count). The molecule has 1 N–H and O–H groups in total.